The van der Waals surface area contributed by atoms with Crippen LogP contribution in [0.2, 0.25) is 0 Å². The summed E-state index contributed by atoms with van der Waals surface area (Å²) < 4.78 is 5.45. The van der Waals surface area contributed by atoms with E-state index in [0.717, 1.165) is 42.2 Å². The molecule has 0 atom stereocenters. The SMILES string of the molecule is Cc1ccc(NC(=O)Nc2c(NC3CCCC3)c3ccccc3oc2=O)c(C)c1. The van der Waals surface area contributed by atoms with Crippen LogP contribution in [-0.4, -0.2) is 12.1 Å². The van der Waals surface area contributed by atoms with Crippen LogP contribution >= 0.6 is 0 Å². The van der Waals surface area contributed by atoms with E-state index in [0.29, 0.717) is 17.0 Å². The number of nitrogens with one attached hydrogen (secondary N) is 3. The Hall–Kier alpha value is -3.28. The van der Waals surface area contributed by atoms with Gasteiger partial charge in [0.1, 0.15) is 5.58 Å². The van der Waals surface area contributed by atoms with Gasteiger partial charge in [0, 0.05) is 17.1 Å². The number of benzene rings is 2. The average Bonchev–Trinajstić information content (AvgIpc) is 3.20. The minimum absolute atomic E-state index is 0.137. The molecular formula is C23H25N3O3. The largest absolute Gasteiger partial charge is 0.421 e. The minimum Gasteiger partial charge on any atom is -0.421 e. The molecule has 0 bridgehead atoms. The van der Waals surface area contributed by atoms with Crippen LogP contribution in [0.4, 0.5) is 21.9 Å². The van der Waals surface area contributed by atoms with Crippen LogP contribution in [0.15, 0.2) is 51.7 Å². The summed E-state index contributed by atoms with van der Waals surface area (Å²) in [6, 6.07) is 12.9. The maximum atomic E-state index is 12.7. The third-order valence-corrected chi connectivity index (χ3v) is 5.39. The number of rotatable bonds is 4. The second-order valence-electron chi connectivity index (χ2n) is 7.66. The number of carbonyl (C=O) groups excluding carboxylic acids is 1. The predicted molar refractivity (Wildman–Crippen MR) is 117 cm³/mol. The molecule has 0 saturated heterocycles. The van der Waals surface area contributed by atoms with Crippen LogP contribution in [-0.2, 0) is 0 Å². The van der Waals surface area contributed by atoms with E-state index in [1.807, 2.05) is 50.2 Å². The Bertz CT molecular complexity index is 1110. The molecule has 6 nitrogen and oxygen atoms in total. The smallest absolute Gasteiger partial charge is 0.362 e. The second kappa shape index (κ2) is 7.99. The van der Waals surface area contributed by atoms with Gasteiger partial charge in [-0.1, -0.05) is 42.7 Å². The highest BCUT2D eigenvalue weighted by molar-refractivity contribution is 6.06. The monoisotopic (exact) mass is 391 g/mol. The number of fused-ring (bicyclic) bond motifs is 1. The highest BCUT2D eigenvalue weighted by atomic mass is 16.4. The molecule has 1 aromatic heterocycles. The van der Waals surface area contributed by atoms with Crippen LogP contribution in [0.5, 0.6) is 0 Å². The van der Waals surface area contributed by atoms with Gasteiger partial charge in [-0.3, -0.25) is 5.32 Å². The topological polar surface area (TPSA) is 83.4 Å². The van der Waals surface area contributed by atoms with Crippen molar-refractivity contribution in [2.24, 2.45) is 0 Å². The molecule has 3 N–H and O–H groups in total. The molecule has 0 radical (unpaired) electrons. The summed E-state index contributed by atoms with van der Waals surface area (Å²) in [5.41, 5.74) is 3.46. The Kier molecular flexibility index (Phi) is 5.25. The van der Waals surface area contributed by atoms with Gasteiger partial charge in [0.25, 0.3) is 0 Å². The molecule has 150 valence electrons. The first kappa shape index (κ1) is 19.1. The van der Waals surface area contributed by atoms with Crippen molar-refractivity contribution in [3.63, 3.8) is 0 Å². The summed E-state index contributed by atoms with van der Waals surface area (Å²) in [5.74, 6) is 0. The molecule has 0 unspecified atom stereocenters. The Morgan fingerprint density at radius 2 is 1.76 bits per heavy atom. The number of urea groups is 1. The van der Waals surface area contributed by atoms with Crippen molar-refractivity contribution < 1.29 is 9.21 Å². The van der Waals surface area contributed by atoms with E-state index in [1.165, 1.54) is 0 Å². The van der Waals surface area contributed by atoms with Gasteiger partial charge >= 0.3 is 11.7 Å². The fourth-order valence-corrected chi connectivity index (χ4v) is 3.91. The van der Waals surface area contributed by atoms with Gasteiger partial charge in [0.05, 0.1) is 5.69 Å². The van der Waals surface area contributed by atoms with Crippen molar-refractivity contribution in [3.8, 4) is 0 Å². The van der Waals surface area contributed by atoms with E-state index in [4.69, 9.17) is 4.42 Å². The van der Waals surface area contributed by atoms with Gasteiger partial charge in [0.2, 0.25) is 0 Å². The van der Waals surface area contributed by atoms with E-state index < -0.39 is 11.7 Å². The van der Waals surface area contributed by atoms with Crippen molar-refractivity contribution in [2.75, 3.05) is 16.0 Å². The zero-order valence-electron chi connectivity index (χ0n) is 16.7. The molecule has 1 heterocycles. The lowest BCUT2D eigenvalue weighted by Gasteiger charge is -2.19. The summed E-state index contributed by atoms with van der Waals surface area (Å²) in [4.78, 5) is 25.3. The van der Waals surface area contributed by atoms with Crippen LogP contribution in [0.1, 0.15) is 36.8 Å². The number of para-hydroxylation sites is 1. The number of aryl methyl sites for hydroxylation is 2. The summed E-state index contributed by atoms with van der Waals surface area (Å²) in [6.07, 6.45) is 4.41. The fraction of sp³-hybridized carbons (Fsp3) is 0.304. The molecule has 1 aliphatic carbocycles. The minimum atomic E-state index is -0.569. The lowest BCUT2D eigenvalue weighted by Crippen LogP contribution is -2.26. The zero-order chi connectivity index (χ0) is 20.4. The Balaban J connectivity index is 1.67. The number of hydrogen-bond donors (Lipinski definition) is 3. The maximum Gasteiger partial charge on any atom is 0.362 e. The molecule has 1 aliphatic rings. The van der Waals surface area contributed by atoms with Crippen molar-refractivity contribution in [3.05, 3.63) is 64.0 Å². The molecule has 2 amide bonds. The van der Waals surface area contributed by atoms with Gasteiger partial charge in [-0.05, 0) is 50.5 Å². The molecular weight excluding hydrogens is 366 g/mol. The number of hydrogen-bond acceptors (Lipinski definition) is 4. The molecule has 1 fully saturated rings. The Morgan fingerprint density at radius 1 is 1.00 bits per heavy atom. The molecule has 2 aromatic carbocycles. The first-order valence-corrected chi connectivity index (χ1v) is 9.99. The summed E-state index contributed by atoms with van der Waals surface area (Å²) in [7, 11) is 0. The summed E-state index contributed by atoms with van der Waals surface area (Å²) >= 11 is 0. The highest BCUT2D eigenvalue weighted by Crippen LogP contribution is 2.32. The van der Waals surface area contributed by atoms with Crippen LogP contribution in [0.25, 0.3) is 11.0 Å². The third kappa shape index (κ3) is 4.11. The van der Waals surface area contributed by atoms with Gasteiger partial charge in [-0.2, -0.15) is 0 Å². The van der Waals surface area contributed by atoms with E-state index in [-0.39, 0.29) is 11.7 Å². The predicted octanol–water partition coefficient (Wildman–Crippen LogP) is 5.41. The van der Waals surface area contributed by atoms with Crippen LogP contribution < -0.4 is 21.6 Å². The van der Waals surface area contributed by atoms with E-state index in [1.54, 1.807) is 6.07 Å². The van der Waals surface area contributed by atoms with Crippen LogP contribution in [0.3, 0.4) is 0 Å². The van der Waals surface area contributed by atoms with E-state index in [9.17, 15) is 9.59 Å². The van der Waals surface area contributed by atoms with Crippen molar-refractivity contribution in [2.45, 2.75) is 45.6 Å². The maximum absolute atomic E-state index is 12.7. The normalized spacial score (nSPS) is 14.1. The molecule has 3 aromatic rings. The number of carbonyl (C=O) groups is 1. The molecule has 6 heteroatoms. The summed E-state index contributed by atoms with van der Waals surface area (Å²) in [6.45, 7) is 3.93. The lowest BCUT2D eigenvalue weighted by atomic mass is 10.1. The van der Waals surface area contributed by atoms with Crippen molar-refractivity contribution in [1.82, 2.24) is 0 Å². The molecule has 1 saturated carbocycles. The lowest BCUT2D eigenvalue weighted by molar-refractivity contribution is 0.262. The third-order valence-electron chi connectivity index (χ3n) is 5.39. The van der Waals surface area contributed by atoms with Crippen molar-refractivity contribution >= 4 is 34.1 Å². The Morgan fingerprint density at radius 3 is 2.52 bits per heavy atom. The average molecular weight is 391 g/mol. The van der Waals surface area contributed by atoms with E-state index >= 15 is 0 Å². The van der Waals surface area contributed by atoms with Gasteiger partial charge in [-0.25, -0.2) is 9.59 Å². The van der Waals surface area contributed by atoms with Gasteiger partial charge in [0.15, 0.2) is 5.69 Å². The van der Waals surface area contributed by atoms with Gasteiger partial charge < -0.3 is 15.1 Å². The quantitative estimate of drug-likeness (QED) is 0.519. The standard InChI is InChI=1S/C23H25N3O3/c1-14-11-12-18(15(2)13-14)25-23(28)26-21-20(24-16-7-3-4-8-16)17-9-5-6-10-19(17)29-22(21)27/h5-6,9-13,16,24H,3-4,7-8H2,1-2H3,(H2,25,26,28). The highest BCUT2D eigenvalue weighted by Gasteiger charge is 2.22. The molecule has 0 aliphatic heterocycles. The second-order valence-corrected chi connectivity index (χ2v) is 7.66. The summed E-state index contributed by atoms with van der Waals surface area (Å²) in [5, 5.41) is 9.80. The first-order chi connectivity index (χ1) is 14.0. The molecule has 0 spiro atoms. The number of amides is 2. The van der Waals surface area contributed by atoms with Crippen molar-refractivity contribution in [1.29, 1.82) is 0 Å². The Labute approximate surface area is 169 Å². The van der Waals surface area contributed by atoms with Crippen LogP contribution in [0, 0.1) is 13.8 Å². The molecule has 29 heavy (non-hydrogen) atoms. The number of anilines is 3. The first-order valence-electron chi connectivity index (χ1n) is 9.99. The van der Waals surface area contributed by atoms with Gasteiger partial charge in [-0.15, -0.1) is 0 Å². The van der Waals surface area contributed by atoms with E-state index in [2.05, 4.69) is 16.0 Å². The fourth-order valence-electron chi connectivity index (χ4n) is 3.91. The zero-order valence-corrected chi connectivity index (χ0v) is 16.7. The molecule has 4 rings (SSSR count).